The summed E-state index contributed by atoms with van der Waals surface area (Å²) in [4.78, 5) is 12.1. The lowest BCUT2D eigenvalue weighted by Gasteiger charge is -2.13. The minimum Gasteiger partial charge on any atom is -0.323 e. The summed E-state index contributed by atoms with van der Waals surface area (Å²) in [6.45, 7) is 1.84. The summed E-state index contributed by atoms with van der Waals surface area (Å²) < 4.78 is 0. The van der Waals surface area contributed by atoms with E-state index in [1.807, 2.05) is 25.1 Å². The molecule has 0 fully saturated rings. The largest absolute Gasteiger partial charge is 0.323 e. The van der Waals surface area contributed by atoms with E-state index < -0.39 is 5.38 Å². The molecule has 1 unspecified atom stereocenters. The molecule has 0 radical (unpaired) electrons. The Balaban J connectivity index is 2.18. The third-order valence-electron chi connectivity index (χ3n) is 2.83. The molecule has 2 aromatic carbocycles. The van der Waals surface area contributed by atoms with E-state index in [1.165, 1.54) is 0 Å². The molecule has 0 aliphatic heterocycles. The van der Waals surface area contributed by atoms with Gasteiger partial charge in [-0.2, -0.15) is 0 Å². The Kier molecular flexibility index (Phi) is 4.92. The Morgan fingerprint density at radius 3 is 2.40 bits per heavy atom. The van der Waals surface area contributed by atoms with Gasteiger partial charge < -0.3 is 5.32 Å². The van der Waals surface area contributed by atoms with Crippen molar-refractivity contribution < 1.29 is 4.79 Å². The molecule has 0 aliphatic carbocycles. The van der Waals surface area contributed by atoms with Crippen LogP contribution in [0.2, 0.25) is 10.0 Å². The van der Waals surface area contributed by atoms with Crippen LogP contribution in [0.4, 0.5) is 5.69 Å². The molecule has 2 rings (SSSR count). The molecule has 0 saturated heterocycles. The Morgan fingerprint density at radius 2 is 1.75 bits per heavy atom. The molecule has 1 amide bonds. The molecule has 2 nitrogen and oxygen atoms in total. The Morgan fingerprint density at radius 1 is 1.10 bits per heavy atom. The van der Waals surface area contributed by atoms with Crippen molar-refractivity contribution in [2.24, 2.45) is 0 Å². The molecule has 1 N–H and O–H groups in total. The highest BCUT2D eigenvalue weighted by Gasteiger charge is 2.18. The summed E-state index contributed by atoms with van der Waals surface area (Å²) in [5, 5.41) is 2.87. The van der Waals surface area contributed by atoms with Crippen LogP contribution in [-0.4, -0.2) is 5.91 Å². The lowest BCUT2D eigenvalue weighted by Crippen LogP contribution is -2.17. The predicted molar refractivity (Wildman–Crippen MR) is 84.9 cm³/mol. The van der Waals surface area contributed by atoms with Gasteiger partial charge in [-0.25, -0.2) is 0 Å². The van der Waals surface area contributed by atoms with E-state index in [0.29, 0.717) is 15.7 Å². The van der Waals surface area contributed by atoms with E-state index in [1.54, 1.807) is 24.3 Å². The molecule has 0 saturated carbocycles. The maximum absolute atomic E-state index is 12.1. The van der Waals surface area contributed by atoms with Crippen molar-refractivity contribution >= 4 is 46.4 Å². The highest BCUT2D eigenvalue weighted by molar-refractivity contribution is 6.37. The van der Waals surface area contributed by atoms with Gasteiger partial charge in [-0.1, -0.05) is 53.5 Å². The van der Waals surface area contributed by atoms with Gasteiger partial charge in [0.25, 0.3) is 0 Å². The van der Waals surface area contributed by atoms with Gasteiger partial charge in [0, 0.05) is 5.02 Å². The predicted octanol–water partition coefficient (Wildman–Crippen LogP) is 5.22. The van der Waals surface area contributed by atoms with Crippen LogP contribution in [0.3, 0.4) is 0 Å². The zero-order valence-corrected chi connectivity index (χ0v) is 12.9. The van der Waals surface area contributed by atoms with Crippen molar-refractivity contribution in [3.05, 3.63) is 63.6 Å². The lowest BCUT2D eigenvalue weighted by atomic mass is 10.1. The topological polar surface area (TPSA) is 29.1 Å². The van der Waals surface area contributed by atoms with Crippen molar-refractivity contribution in [1.82, 2.24) is 0 Å². The highest BCUT2D eigenvalue weighted by atomic mass is 35.5. The maximum atomic E-state index is 12.1. The summed E-state index contributed by atoms with van der Waals surface area (Å²) in [6.07, 6.45) is 0. The van der Waals surface area contributed by atoms with Crippen LogP contribution in [0.1, 0.15) is 16.5 Å². The van der Waals surface area contributed by atoms with Crippen LogP contribution in [0, 0.1) is 6.92 Å². The van der Waals surface area contributed by atoms with Gasteiger partial charge in [0.15, 0.2) is 0 Å². The molecule has 5 heteroatoms. The van der Waals surface area contributed by atoms with Gasteiger partial charge in [0.1, 0.15) is 5.38 Å². The molecule has 0 aliphatic rings. The molecule has 0 heterocycles. The Labute approximate surface area is 132 Å². The number of rotatable bonds is 3. The van der Waals surface area contributed by atoms with Crippen LogP contribution >= 0.6 is 34.8 Å². The Hall–Kier alpha value is -1.22. The SMILES string of the molecule is Cc1cc(Cl)c(NC(=O)C(Cl)c2ccccc2)cc1Cl. The third-order valence-corrected chi connectivity index (χ3v) is 4.00. The van der Waals surface area contributed by atoms with E-state index in [9.17, 15) is 4.79 Å². The first-order chi connectivity index (χ1) is 9.49. The second kappa shape index (κ2) is 6.49. The molecular formula is C15H12Cl3NO. The number of carbonyl (C=O) groups is 1. The van der Waals surface area contributed by atoms with Crippen LogP contribution in [0.25, 0.3) is 0 Å². The van der Waals surface area contributed by atoms with Gasteiger partial charge in [0.05, 0.1) is 10.7 Å². The smallest absolute Gasteiger partial charge is 0.247 e. The first-order valence-corrected chi connectivity index (χ1v) is 7.14. The number of alkyl halides is 1. The standard InChI is InChI=1S/C15H12Cl3NO/c1-9-7-12(17)13(8-11(9)16)19-15(20)14(18)10-5-3-2-4-6-10/h2-8,14H,1H3,(H,19,20). The van der Waals surface area contributed by atoms with E-state index in [0.717, 1.165) is 11.1 Å². The number of hydrogen-bond acceptors (Lipinski definition) is 1. The van der Waals surface area contributed by atoms with Crippen molar-refractivity contribution in [2.75, 3.05) is 5.32 Å². The fourth-order valence-corrected chi connectivity index (χ4v) is 2.34. The van der Waals surface area contributed by atoms with Crippen LogP contribution in [0.5, 0.6) is 0 Å². The van der Waals surface area contributed by atoms with Gasteiger partial charge >= 0.3 is 0 Å². The van der Waals surface area contributed by atoms with Gasteiger partial charge in [0.2, 0.25) is 5.91 Å². The van der Waals surface area contributed by atoms with Crippen molar-refractivity contribution in [3.63, 3.8) is 0 Å². The molecule has 104 valence electrons. The van der Waals surface area contributed by atoms with Crippen molar-refractivity contribution in [1.29, 1.82) is 0 Å². The third kappa shape index (κ3) is 3.45. The van der Waals surface area contributed by atoms with Crippen LogP contribution in [0.15, 0.2) is 42.5 Å². The first kappa shape index (κ1) is 15.2. The zero-order valence-electron chi connectivity index (χ0n) is 10.7. The monoisotopic (exact) mass is 327 g/mol. The summed E-state index contributed by atoms with van der Waals surface area (Å²) in [5.41, 5.74) is 2.02. The van der Waals surface area contributed by atoms with E-state index in [4.69, 9.17) is 34.8 Å². The highest BCUT2D eigenvalue weighted by Crippen LogP contribution is 2.30. The number of amides is 1. The summed E-state index contributed by atoms with van der Waals surface area (Å²) in [6, 6.07) is 12.4. The van der Waals surface area contributed by atoms with Crippen molar-refractivity contribution in [2.45, 2.75) is 12.3 Å². The zero-order chi connectivity index (χ0) is 14.7. The molecule has 0 aromatic heterocycles. The molecule has 0 spiro atoms. The number of hydrogen-bond donors (Lipinski definition) is 1. The van der Waals surface area contributed by atoms with E-state index in [2.05, 4.69) is 5.32 Å². The summed E-state index contributed by atoms with van der Waals surface area (Å²) in [5.74, 6) is -0.348. The van der Waals surface area contributed by atoms with Crippen molar-refractivity contribution in [3.8, 4) is 0 Å². The normalized spacial score (nSPS) is 12.0. The lowest BCUT2D eigenvalue weighted by molar-refractivity contribution is -0.116. The summed E-state index contributed by atoms with van der Waals surface area (Å²) >= 11 is 18.2. The quantitative estimate of drug-likeness (QED) is 0.769. The number of aryl methyl sites for hydroxylation is 1. The molecule has 1 atom stereocenters. The summed E-state index contributed by atoms with van der Waals surface area (Å²) in [7, 11) is 0. The minimum absolute atomic E-state index is 0.348. The number of nitrogens with one attached hydrogen (secondary N) is 1. The number of benzene rings is 2. The average molecular weight is 329 g/mol. The van der Waals surface area contributed by atoms with E-state index in [-0.39, 0.29) is 5.91 Å². The van der Waals surface area contributed by atoms with Gasteiger partial charge in [-0.3, -0.25) is 4.79 Å². The molecular weight excluding hydrogens is 317 g/mol. The molecule has 20 heavy (non-hydrogen) atoms. The van der Waals surface area contributed by atoms with Gasteiger partial charge in [-0.15, -0.1) is 11.6 Å². The fourth-order valence-electron chi connectivity index (χ4n) is 1.71. The van der Waals surface area contributed by atoms with E-state index >= 15 is 0 Å². The number of halogens is 3. The average Bonchev–Trinajstić information content (AvgIpc) is 2.44. The van der Waals surface area contributed by atoms with Crippen LogP contribution < -0.4 is 5.32 Å². The number of anilines is 1. The van der Waals surface area contributed by atoms with Gasteiger partial charge in [-0.05, 0) is 30.2 Å². The first-order valence-electron chi connectivity index (χ1n) is 5.94. The Bertz CT molecular complexity index is 629. The maximum Gasteiger partial charge on any atom is 0.247 e. The van der Waals surface area contributed by atoms with Crippen LogP contribution in [-0.2, 0) is 4.79 Å². The fraction of sp³-hybridized carbons (Fsp3) is 0.133. The second-order valence-electron chi connectivity index (χ2n) is 4.34. The number of carbonyl (C=O) groups excluding carboxylic acids is 1. The second-order valence-corrected chi connectivity index (χ2v) is 5.59. The molecule has 2 aromatic rings. The molecule has 0 bridgehead atoms. The minimum atomic E-state index is -0.785.